The standard InChI is InChI=1S/C30H26N6O2/c1-30(2,3)22-10-7-19(8-11-22)29(37)34-23-6-4-5-20(15-23)25-18-36-14-13-31-28(36)27(35-25)33-24-12-9-21-17-32-38-26(21)16-24/h4-18H,1-3H3,(H,33,35)(H,34,37). The van der Waals surface area contributed by atoms with Crippen molar-refractivity contribution in [2.75, 3.05) is 10.6 Å². The van der Waals surface area contributed by atoms with Gasteiger partial charge in [-0.15, -0.1) is 0 Å². The van der Waals surface area contributed by atoms with E-state index in [0.717, 1.165) is 22.3 Å². The molecule has 1 amide bonds. The van der Waals surface area contributed by atoms with Crippen molar-refractivity contribution < 1.29 is 9.32 Å². The second kappa shape index (κ2) is 9.15. The number of imidazole rings is 1. The van der Waals surface area contributed by atoms with E-state index in [2.05, 4.69) is 41.5 Å². The van der Waals surface area contributed by atoms with Gasteiger partial charge in [0.1, 0.15) is 0 Å². The average molecular weight is 503 g/mol. The summed E-state index contributed by atoms with van der Waals surface area (Å²) < 4.78 is 7.21. The van der Waals surface area contributed by atoms with Gasteiger partial charge in [0, 0.05) is 52.5 Å². The molecule has 8 heteroatoms. The Kier molecular flexibility index (Phi) is 5.64. The number of amides is 1. The van der Waals surface area contributed by atoms with Gasteiger partial charge in [-0.1, -0.05) is 50.2 Å². The molecule has 6 rings (SSSR count). The zero-order valence-electron chi connectivity index (χ0n) is 21.3. The van der Waals surface area contributed by atoms with Gasteiger partial charge in [-0.2, -0.15) is 0 Å². The molecule has 188 valence electrons. The Hall–Kier alpha value is -4.98. The third kappa shape index (κ3) is 4.59. The van der Waals surface area contributed by atoms with Crippen LogP contribution in [0.5, 0.6) is 0 Å². The highest BCUT2D eigenvalue weighted by molar-refractivity contribution is 6.04. The molecule has 0 aliphatic carbocycles. The van der Waals surface area contributed by atoms with Crippen molar-refractivity contribution >= 4 is 39.7 Å². The van der Waals surface area contributed by atoms with Crippen molar-refractivity contribution in [3.63, 3.8) is 0 Å². The van der Waals surface area contributed by atoms with Crippen LogP contribution >= 0.6 is 0 Å². The Labute approximate surface area is 219 Å². The number of fused-ring (bicyclic) bond motifs is 2. The summed E-state index contributed by atoms with van der Waals surface area (Å²) in [7, 11) is 0. The highest BCUT2D eigenvalue weighted by Gasteiger charge is 2.15. The zero-order valence-corrected chi connectivity index (χ0v) is 21.3. The summed E-state index contributed by atoms with van der Waals surface area (Å²) in [5.74, 6) is 0.436. The Morgan fingerprint density at radius 3 is 2.63 bits per heavy atom. The number of carbonyl (C=O) groups is 1. The number of hydrogen-bond donors (Lipinski definition) is 2. The molecule has 2 N–H and O–H groups in total. The molecule has 0 fully saturated rings. The summed E-state index contributed by atoms with van der Waals surface area (Å²) in [6, 6.07) is 21.1. The molecule has 0 bridgehead atoms. The first-order chi connectivity index (χ1) is 18.3. The van der Waals surface area contributed by atoms with E-state index in [1.807, 2.05) is 83.5 Å². The first-order valence-electron chi connectivity index (χ1n) is 12.3. The number of nitrogens with one attached hydrogen (secondary N) is 2. The van der Waals surface area contributed by atoms with E-state index in [4.69, 9.17) is 9.51 Å². The first kappa shape index (κ1) is 23.4. The van der Waals surface area contributed by atoms with E-state index >= 15 is 0 Å². The van der Waals surface area contributed by atoms with E-state index in [-0.39, 0.29) is 11.3 Å². The third-order valence-electron chi connectivity index (χ3n) is 6.42. The van der Waals surface area contributed by atoms with Crippen LogP contribution in [0.2, 0.25) is 0 Å². The SMILES string of the molecule is CC(C)(C)c1ccc(C(=O)Nc2cccc(-c3cn4ccnc4c(Nc4ccc5cnoc5c4)n3)c2)cc1. The lowest BCUT2D eigenvalue weighted by molar-refractivity contribution is 0.102. The molecule has 0 saturated carbocycles. The van der Waals surface area contributed by atoms with Crippen LogP contribution in [0.25, 0.3) is 27.9 Å². The highest BCUT2D eigenvalue weighted by atomic mass is 16.5. The van der Waals surface area contributed by atoms with Crippen LogP contribution in [-0.2, 0) is 5.41 Å². The number of hydrogen-bond acceptors (Lipinski definition) is 6. The molecule has 0 saturated heterocycles. The first-order valence-corrected chi connectivity index (χ1v) is 12.3. The van der Waals surface area contributed by atoms with E-state index in [9.17, 15) is 4.79 Å². The van der Waals surface area contributed by atoms with Gasteiger partial charge < -0.3 is 19.6 Å². The Morgan fingerprint density at radius 2 is 1.82 bits per heavy atom. The van der Waals surface area contributed by atoms with Crippen LogP contribution in [0, 0.1) is 0 Å². The van der Waals surface area contributed by atoms with Gasteiger partial charge in [0.2, 0.25) is 0 Å². The topological polar surface area (TPSA) is 97.4 Å². The van der Waals surface area contributed by atoms with Gasteiger partial charge in [0.25, 0.3) is 5.91 Å². The number of benzene rings is 3. The monoisotopic (exact) mass is 502 g/mol. The van der Waals surface area contributed by atoms with Gasteiger partial charge >= 0.3 is 0 Å². The normalized spacial score (nSPS) is 11.7. The van der Waals surface area contributed by atoms with E-state index in [0.29, 0.717) is 28.3 Å². The van der Waals surface area contributed by atoms with Crippen LogP contribution < -0.4 is 10.6 Å². The zero-order chi connectivity index (χ0) is 26.3. The van der Waals surface area contributed by atoms with Crippen molar-refractivity contribution in [1.82, 2.24) is 19.5 Å². The summed E-state index contributed by atoms with van der Waals surface area (Å²) in [6.45, 7) is 6.45. The highest BCUT2D eigenvalue weighted by Crippen LogP contribution is 2.28. The van der Waals surface area contributed by atoms with Gasteiger partial charge in [-0.25, -0.2) is 9.97 Å². The maximum Gasteiger partial charge on any atom is 0.255 e. The minimum Gasteiger partial charge on any atom is -0.356 e. The molecule has 38 heavy (non-hydrogen) atoms. The summed E-state index contributed by atoms with van der Waals surface area (Å²) in [5.41, 5.74) is 6.27. The van der Waals surface area contributed by atoms with Crippen molar-refractivity contribution in [3.05, 3.63) is 103 Å². The van der Waals surface area contributed by atoms with Crippen LogP contribution in [-0.4, -0.2) is 25.4 Å². The summed E-state index contributed by atoms with van der Waals surface area (Å²) >= 11 is 0. The minimum absolute atomic E-state index is 0.0309. The maximum atomic E-state index is 12.9. The summed E-state index contributed by atoms with van der Waals surface area (Å²) in [5, 5.41) is 11.1. The maximum absolute atomic E-state index is 12.9. The lowest BCUT2D eigenvalue weighted by atomic mass is 9.87. The molecule has 3 heterocycles. The van der Waals surface area contributed by atoms with Gasteiger partial charge in [0.15, 0.2) is 17.0 Å². The molecular weight excluding hydrogens is 476 g/mol. The molecule has 3 aromatic heterocycles. The second-order valence-corrected chi connectivity index (χ2v) is 10.2. The number of rotatable bonds is 5. The summed E-state index contributed by atoms with van der Waals surface area (Å²) in [4.78, 5) is 22.3. The molecule has 0 unspecified atom stereocenters. The molecular formula is C30H26N6O2. The Bertz CT molecular complexity index is 1780. The summed E-state index contributed by atoms with van der Waals surface area (Å²) in [6.07, 6.45) is 7.20. The fourth-order valence-corrected chi connectivity index (χ4v) is 4.31. The number of nitrogens with zero attached hydrogens (tertiary/aromatic N) is 4. The Morgan fingerprint density at radius 1 is 0.974 bits per heavy atom. The lowest BCUT2D eigenvalue weighted by Crippen LogP contribution is -2.14. The smallest absolute Gasteiger partial charge is 0.255 e. The lowest BCUT2D eigenvalue weighted by Gasteiger charge is -2.19. The van der Waals surface area contributed by atoms with Crippen molar-refractivity contribution in [2.45, 2.75) is 26.2 Å². The van der Waals surface area contributed by atoms with Crippen molar-refractivity contribution in [2.24, 2.45) is 0 Å². The van der Waals surface area contributed by atoms with Crippen LogP contribution in [0.15, 0.2) is 96.0 Å². The molecule has 0 radical (unpaired) electrons. The molecule has 3 aromatic carbocycles. The minimum atomic E-state index is -0.161. The number of anilines is 3. The van der Waals surface area contributed by atoms with E-state index in [1.54, 1.807) is 12.4 Å². The fourth-order valence-electron chi connectivity index (χ4n) is 4.31. The predicted molar refractivity (Wildman–Crippen MR) is 149 cm³/mol. The molecule has 0 spiro atoms. The van der Waals surface area contributed by atoms with Gasteiger partial charge in [-0.3, -0.25) is 4.79 Å². The Balaban J connectivity index is 1.28. The predicted octanol–water partition coefficient (Wildman–Crippen LogP) is 6.83. The quantitative estimate of drug-likeness (QED) is 0.268. The fraction of sp³-hybridized carbons (Fsp3) is 0.133. The second-order valence-electron chi connectivity index (χ2n) is 10.2. The number of aromatic nitrogens is 4. The molecule has 0 aliphatic heterocycles. The molecule has 0 aliphatic rings. The van der Waals surface area contributed by atoms with Crippen LogP contribution in [0.4, 0.5) is 17.2 Å². The van der Waals surface area contributed by atoms with Gasteiger partial charge in [0.05, 0.1) is 11.9 Å². The third-order valence-corrected chi connectivity index (χ3v) is 6.42. The van der Waals surface area contributed by atoms with E-state index < -0.39 is 0 Å². The van der Waals surface area contributed by atoms with Gasteiger partial charge in [-0.05, 0) is 47.4 Å². The van der Waals surface area contributed by atoms with Crippen LogP contribution in [0.3, 0.4) is 0 Å². The number of carbonyl (C=O) groups excluding carboxylic acids is 1. The average Bonchev–Trinajstić information content (AvgIpc) is 3.58. The van der Waals surface area contributed by atoms with E-state index in [1.165, 1.54) is 5.56 Å². The largest absolute Gasteiger partial charge is 0.356 e. The van der Waals surface area contributed by atoms with Crippen LogP contribution in [0.1, 0.15) is 36.7 Å². The molecule has 0 atom stereocenters. The van der Waals surface area contributed by atoms with Crippen molar-refractivity contribution in [1.29, 1.82) is 0 Å². The molecule has 8 nitrogen and oxygen atoms in total. The molecule has 6 aromatic rings. The van der Waals surface area contributed by atoms with Crippen molar-refractivity contribution in [3.8, 4) is 11.3 Å².